The number of carbonyl (C=O) groups excluding carboxylic acids is 1. The van der Waals surface area contributed by atoms with Crippen LogP contribution in [-0.4, -0.2) is 45.8 Å². The molecule has 6 nitrogen and oxygen atoms in total. The highest BCUT2D eigenvalue weighted by atomic mass is 16.5. The molecule has 166 valence electrons. The lowest BCUT2D eigenvalue weighted by molar-refractivity contribution is 0.0705. The molecule has 3 aromatic rings. The number of nitrogens with one attached hydrogen (secondary N) is 1. The van der Waals surface area contributed by atoms with Crippen LogP contribution in [0.15, 0.2) is 30.5 Å². The maximum Gasteiger partial charge on any atom is 0.274 e. The maximum absolute atomic E-state index is 13.2. The van der Waals surface area contributed by atoms with Gasteiger partial charge in [0, 0.05) is 35.9 Å². The van der Waals surface area contributed by atoms with Crippen molar-refractivity contribution in [1.82, 2.24) is 19.7 Å². The van der Waals surface area contributed by atoms with Crippen molar-refractivity contribution in [3.63, 3.8) is 0 Å². The first-order chi connectivity index (χ1) is 14.7. The van der Waals surface area contributed by atoms with Crippen LogP contribution >= 0.6 is 0 Å². The topological polar surface area (TPSA) is 63.1 Å². The second kappa shape index (κ2) is 8.06. The number of amides is 1. The van der Waals surface area contributed by atoms with Crippen molar-refractivity contribution < 1.29 is 9.53 Å². The van der Waals surface area contributed by atoms with Crippen LogP contribution in [0.5, 0.6) is 5.75 Å². The third-order valence-electron chi connectivity index (χ3n) is 6.33. The van der Waals surface area contributed by atoms with Gasteiger partial charge in [0.2, 0.25) is 0 Å². The van der Waals surface area contributed by atoms with Crippen LogP contribution < -0.4 is 4.74 Å². The van der Waals surface area contributed by atoms with Gasteiger partial charge in [-0.3, -0.25) is 9.48 Å². The molecule has 0 bridgehead atoms. The summed E-state index contributed by atoms with van der Waals surface area (Å²) in [5.74, 6) is 1.67. The third kappa shape index (κ3) is 4.08. The van der Waals surface area contributed by atoms with Crippen molar-refractivity contribution in [3.05, 3.63) is 47.4 Å². The number of H-pyrrole nitrogens is 1. The Labute approximate surface area is 184 Å². The Morgan fingerprint density at radius 2 is 1.90 bits per heavy atom. The van der Waals surface area contributed by atoms with Crippen molar-refractivity contribution in [2.75, 3.05) is 20.2 Å². The highest BCUT2D eigenvalue weighted by molar-refractivity contribution is 5.92. The number of methoxy groups -OCH3 is 1. The monoisotopic (exact) mass is 422 g/mol. The zero-order valence-corrected chi connectivity index (χ0v) is 19.5. The summed E-state index contributed by atoms with van der Waals surface area (Å²) in [7, 11) is 1.70. The zero-order chi connectivity index (χ0) is 22.3. The molecule has 1 amide bonds. The first-order valence-corrected chi connectivity index (χ1v) is 11.2. The van der Waals surface area contributed by atoms with Gasteiger partial charge in [0.1, 0.15) is 5.75 Å². The zero-order valence-electron chi connectivity index (χ0n) is 19.5. The van der Waals surface area contributed by atoms with Gasteiger partial charge in [-0.1, -0.05) is 13.8 Å². The molecular formula is C25H34N4O2. The molecule has 1 fully saturated rings. The Balaban J connectivity index is 1.50. The highest BCUT2D eigenvalue weighted by Crippen LogP contribution is 2.35. The minimum atomic E-state index is -0.151. The second-order valence-corrected chi connectivity index (χ2v) is 9.91. The van der Waals surface area contributed by atoms with Crippen molar-refractivity contribution in [2.45, 2.75) is 64.8 Å². The second-order valence-electron chi connectivity index (χ2n) is 9.91. The minimum Gasteiger partial charge on any atom is -0.497 e. The molecule has 1 N–H and O–H groups in total. The molecule has 1 aromatic carbocycles. The lowest BCUT2D eigenvalue weighted by atomic mass is 9.89. The maximum atomic E-state index is 13.2. The molecule has 0 radical (unpaired) electrons. The highest BCUT2D eigenvalue weighted by Gasteiger charge is 2.29. The summed E-state index contributed by atoms with van der Waals surface area (Å²) in [5.41, 5.74) is 3.97. The molecule has 0 saturated carbocycles. The molecular weight excluding hydrogens is 388 g/mol. The summed E-state index contributed by atoms with van der Waals surface area (Å²) in [6, 6.07) is 8.13. The summed E-state index contributed by atoms with van der Waals surface area (Å²) >= 11 is 0. The number of hydrogen-bond acceptors (Lipinski definition) is 3. The predicted octanol–water partition coefficient (Wildman–Crippen LogP) is 5.27. The minimum absolute atomic E-state index is 0.0453. The number of aromatic amines is 1. The molecule has 1 aliphatic heterocycles. The van der Waals surface area contributed by atoms with Gasteiger partial charge in [-0.05, 0) is 75.3 Å². The standard InChI is InChI=1S/C25H34N4O2/c1-16(2)23-14-22(27-29(23)25(3,4)5)24(30)28-11-9-17(10-12-28)20-15-26-21-8-7-18(31-6)13-19(20)21/h7-8,13-17,26H,9-12H2,1-6H3. The molecule has 2 aromatic heterocycles. The van der Waals surface area contributed by atoms with E-state index in [1.807, 2.05) is 21.7 Å². The molecule has 4 rings (SSSR count). The Kier molecular flexibility index (Phi) is 5.58. The molecule has 3 heterocycles. The summed E-state index contributed by atoms with van der Waals surface area (Å²) in [5, 5.41) is 5.93. The van der Waals surface area contributed by atoms with Gasteiger partial charge < -0.3 is 14.6 Å². The van der Waals surface area contributed by atoms with Crippen LogP contribution in [0, 0.1) is 0 Å². The number of carbonyl (C=O) groups is 1. The molecule has 0 spiro atoms. The molecule has 31 heavy (non-hydrogen) atoms. The molecule has 0 atom stereocenters. The van der Waals surface area contributed by atoms with Gasteiger partial charge in [-0.25, -0.2) is 0 Å². The van der Waals surface area contributed by atoms with E-state index in [-0.39, 0.29) is 11.4 Å². The first-order valence-electron chi connectivity index (χ1n) is 11.2. The average molecular weight is 423 g/mol. The van der Waals surface area contributed by atoms with Crippen LogP contribution in [0.2, 0.25) is 0 Å². The number of ether oxygens (including phenoxy) is 1. The van der Waals surface area contributed by atoms with Crippen LogP contribution in [0.1, 0.15) is 81.0 Å². The Morgan fingerprint density at radius 1 is 1.19 bits per heavy atom. The molecule has 0 unspecified atom stereocenters. The lowest BCUT2D eigenvalue weighted by Gasteiger charge is -2.31. The van der Waals surface area contributed by atoms with Crippen LogP contribution in [0.3, 0.4) is 0 Å². The molecule has 1 aliphatic rings. The van der Waals surface area contributed by atoms with E-state index in [9.17, 15) is 4.79 Å². The predicted molar refractivity (Wildman–Crippen MR) is 124 cm³/mol. The largest absolute Gasteiger partial charge is 0.497 e. The van der Waals surface area contributed by atoms with Gasteiger partial charge in [-0.15, -0.1) is 0 Å². The summed E-state index contributed by atoms with van der Waals surface area (Å²) in [6.07, 6.45) is 4.02. The van der Waals surface area contributed by atoms with Gasteiger partial charge in [0.25, 0.3) is 5.91 Å². The summed E-state index contributed by atoms with van der Waals surface area (Å²) in [6.45, 7) is 12.2. The third-order valence-corrected chi connectivity index (χ3v) is 6.33. The number of aromatic nitrogens is 3. The fourth-order valence-electron chi connectivity index (χ4n) is 4.59. The van der Waals surface area contributed by atoms with Gasteiger partial charge in [0.15, 0.2) is 5.69 Å². The molecule has 0 aliphatic carbocycles. The van der Waals surface area contributed by atoms with E-state index in [0.29, 0.717) is 17.5 Å². The Hall–Kier alpha value is -2.76. The number of likely N-dealkylation sites (tertiary alicyclic amines) is 1. The van der Waals surface area contributed by atoms with Gasteiger partial charge in [0.05, 0.1) is 12.6 Å². The van der Waals surface area contributed by atoms with Crippen LogP contribution in [0.25, 0.3) is 10.9 Å². The SMILES string of the molecule is COc1ccc2[nH]cc(C3CCN(C(=O)c4cc(C(C)C)n(C(C)(C)C)n4)CC3)c2c1. The number of hydrogen-bond donors (Lipinski definition) is 1. The van der Waals surface area contributed by atoms with E-state index in [4.69, 9.17) is 9.84 Å². The van der Waals surface area contributed by atoms with Crippen LogP contribution in [0.4, 0.5) is 0 Å². The van der Waals surface area contributed by atoms with Crippen molar-refractivity contribution in [1.29, 1.82) is 0 Å². The van der Waals surface area contributed by atoms with Crippen molar-refractivity contribution >= 4 is 16.8 Å². The fraction of sp³-hybridized carbons (Fsp3) is 0.520. The number of rotatable bonds is 4. The lowest BCUT2D eigenvalue weighted by Crippen LogP contribution is -2.38. The van der Waals surface area contributed by atoms with E-state index in [1.165, 1.54) is 10.9 Å². The smallest absolute Gasteiger partial charge is 0.274 e. The average Bonchev–Trinajstić information content (AvgIpc) is 3.37. The summed E-state index contributed by atoms with van der Waals surface area (Å²) in [4.78, 5) is 18.6. The number of benzene rings is 1. The van der Waals surface area contributed by atoms with E-state index >= 15 is 0 Å². The molecule has 1 saturated heterocycles. The van der Waals surface area contributed by atoms with Crippen molar-refractivity contribution in [3.8, 4) is 5.75 Å². The van der Waals surface area contributed by atoms with E-state index in [1.54, 1.807) is 7.11 Å². The summed E-state index contributed by atoms with van der Waals surface area (Å²) < 4.78 is 7.42. The fourth-order valence-corrected chi connectivity index (χ4v) is 4.59. The Bertz CT molecular complexity index is 1080. The van der Waals surface area contributed by atoms with Crippen molar-refractivity contribution in [2.24, 2.45) is 0 Å². The van der Waals surface area contributed by atoms with Gasteiger partial charge in [-0.2, -0.15) is 5.10 Å². The molecule has 6 heteroatoms. The van der Waals surface area contributed by atoms with E-state index in [2.05, 4.69) is 57.9 Å². The number of fused-ring (bicyclic) bond motifs is 1. The quantitative estimate of drug-likeness (QED) is 0.623. The van der Waals surface area contributed by atoms with E-state index < -0.39 is 0 Å². The normalized spacial score (nSPS) is 15.8. The van der Waals surface area contributed by atoms with E-state index in [0.717, 1.165) is 42.9 Å². The van der Waals surface area contributed by atoms with Gasteiger partial charge >= 0.3 is 0 Å². The Morgan fingerprint density at radius 3 is 2.48 bits per heavy atom. The number of piperidine rings is 1. The first kappa shape index (κ1) is 21.5. The number of nitrogens with zero attached hydrogens (tertiary/aromatic N) is 3. The van der Waals surface area contributed by atoms with Crippen LogP contribution in [-0.2, 0) is 5.54 Å².